The van der Waals surface area contributed by atoms with Crippen molar-refractivity contribution in [2.45, 2.75) is 48.9 Å². The van der Waals surface area contributed by atoms with Gasteiger partial charge in [-0.1, -0.05) is 48.0 Å². The average molecular weight is 1270 g/mol. The molecule has 0 spiro atoms. The van der Waals surface area contributed by atoms with Crippen molar-refractivity contribution in [1.29, 1.82) is 5.53 Å². The quantitative estimate of drug-likeness (QED) is 0.0122. The summed E-state index contributed by atoms with van der Waals surface area (Å²) in [5.41, 5.74) is 10.1. The number of ketones is 1. The van der Waals surface area contributed by atoms with Crippen LogP contribution in [0.1, 0.15) is 54.2 Å². The van der Waals surface area contributed by atoms with Gasteiger partial charge in [-0.3, -0.25) is 14.4 Å². The van der Waals surface area contributed by atoms with Gasteiger partial charge in [0.25, 0.3) is 11.8 Å². The van der Waals surface area contributed by atoms with E-state index in [2.05, 4.69) is 21.1 Å². The Hall–Kier alpha value is -8.23. The zero-order chi connectivity index (χ0) is 63.8. The lowest BCUT2D eigenvalue weighted by Gasteiger charge is -2.39. The normalized spacial score (nSPS) is 16.9. The number of amides is 2. The van der Waals surface area contributed by atoms with E-state index >= 15 is 0 Å². The van der Waals surface area contributed by atoms with Gasteiger partial charge in [0, 0.05) is 42.4 Å². The van der Waals surface area contributed by atoms with E-state index in [1.54, 1.807) is 42.5 Å². The van der Waals surface area contributed by atoms with Crippen LogP contribution in [0.2, 0.25) is 0 Å². The lowest BCUT2D eigenvalue weighted by atomic mass is 9.99. The number of hydrogen-bond donors (Lipinski definition) is 8. The number of nitrogens with zero attached hydrogens (tertiary/aromatic N) is 1. The van der Waals surface area contributed by atoms with Gasteiger partial charge in [0.15, 0.2) is 50.1 Å². The Kier molecular flexibility index (Phi) is 26.4. The first-order chi connectivity index (χ1) is 42.2. The molecular weight excluding hydrogens is 1190 g/mol. The monoisotopic (exact) mass is 1270 g/mol. The van der Waals surface area contributed by atoms with Gasteiger partial charge in [-0.05, 0) is 84.8 Å². The molecule has 5 aromatic rings. The topological polar surface area (TPSA) is 374 Å². The lowest BCUT2D eigenvalue weighted by Crippen LogP contribution is -2.60. The van der Waals surface area contributed by atoms with Crippen LogP contribution < -0.4 is 48.0 Å². The number of carbonyl (C=O) groups is 3. The number of methoxy groups -OCH3 is 4. The van der Waals surface area contributed by atoms with Crippen molar-refractivity contribution in [1.82, 2.24) is 16.0 Å². The molecule has 1 fully saturated rings. The van der Waals surface area contributed by atoms with Crippen molar-refractivity contribution < 1.29 is 103 Å². The summed E-state index contributed by atoms with van der Waals surface area (Å²) in [6.45, 7) is 2.47. The SMILES string of the molecule is COc1ccc(/C=C\c2cc(OC)c(OC)c(OC)c2)cc1OS(=O)(=O)Oc1cc(C(=O)NCCOCCOCCOCCN/C=C(/CNC(=O)c2ccc(C(=O)CCS(=O)(=O)c3ccc(C)cc3)cc2)N=N)ccc1OC1O[C@H](CO)[C@H](O)[C@H](O)[C@H]1O. The third kappa shape index (κ3) is 20.2. The van der Waals surface area contributed by atoms with Gasteiger partial charge in [-0.15, -0.1) is 8.42 Å². The molecule has 1 aliphatic heterocycles. The molecule has 1 unspecified atom stereocenters. The second-order valence-corrected chi connectivity index (χ2v) is 22.4. The maximum Gasteiger partial charge on any atom is 0.501 e. The Balaban J connectivity index is 0.920. The number of aliphatic hydroxyl groups excluding tert-OH is 4. The molecule has 29 heteroatoms. The molecule has 5 aromatic carbocycles. The van der Waals surface area contributed by atoms with Gasteiger partial charge in [-0.2, -0.15) is 5.11 Å². The van der Waals surface area contributed by atoms with Gasteiger partial charge in [0.1, 0.15) is 24.4 Å². The fraction of sp³-hybridized carbons (Fsp3) is 0.373. The van der Waals surface area contributed by atoms with Crippen LogP contribution in [0.4, 0.5) is 0 Å². The summed E-state index contributed by atoms with van der Waals surface area (Å²) in [7, 11) is -3.07. The van der Waals surface area contributed by atoms with Crippen molar-refractivity contribution >= 4 is 50.0 Å². The minimum atomic E-state index is -5.13. The van der Waals surface area contributed by atoms with E-state index in [1.807, 2.05) is 6.92 Å². The number of benzene rings is 5. The van der Waals surface area contributed by atoms with Crippen LogP contribution in [0.15, 0.2) is 119 Å². The Morgan fingerprint density at radius 1 is 0.614 bits per heavy atom. The second kappa shape index (κ2) is 33.8. The number of hydrogen-bond acceptors (Lipinski definition) is 25. The molecule has 0 radical (unpaired) electrons. The number of aryl methyl sites for hydroxylation is 1. The highest BCUT2D eigenvalue weighted by Gasteiger charge is 2.45. The predicted molar refractivity (Wildman–Crippen MR) is 316 cm³/mol. The number of nitrogens with one attached hydrogen (secondary N) is 4. The Morgan fingerprint density at radius 3 is 1.78 bits per heavy atom. The number of rotatable bonds is 36. The van der Waals surface area contributed by atoms with E-state index in [9.17, 15) is 51.6 Å². The summed E-state index contributed by atoms with van der Waals surface area (Å²) in [6.07, 6.45) is -4.06. The first-order valence-electron chi connectivity index (χ1n) is 27.2. The maximum atomic E-state index is 13.7. The van der Waals surface area contributed by atoms with E-state index in [0.29, 0.717) is 34.9 Å². The minimum absolute atomic E-state index is 0.00164. The molecule has 8 N–H and O–H groups in total. The largest absolute Gasteiger partial charge is 0.501 e. The molecule has 5 atom stereocenters. The molecule has 88 heavy (non-hydrogen) atoms. The van der Waals surface area contributed by atoms with Gasteiger partial charge in [-0.25, -0.2) is 13.9 Å². The molecule has 0 aliphatic carbocycles. The Bertz CT molecular complexity index is 3410. The van der Waals surface area contributed by atoms with Crippen LogP contribution in [-0.4, -0.2) is 186 Å². The summed E-state index contributed by atoms with van der Waals surface area (Å²) < 4.78 is 113. The second-order valence-electron chi connectivity index (χ2n) is 19.1. The molecular formula is C59H71N5O22S2. The average Bonchev–Trinajstić information content (AvgIpc) is 3.05. The fourth-order valence-electron chi connectivity index (χ4n) is 8.23. The Morgan fingerprint density at radius 2 is 1.17 bits per heavy atom. The molecule has 1 aliphatic rings. The predicted octanol–water partition coefficient (Wildman–Crippen LogP) is 3.80. The Labute approximate surface area is 508 Å². The number of Topliss-reactive ketones (excluding diaryl/α,β-unsaturated/α-hetero) is 1. The highest BCUT2D eigenvalue weighted by atomic mass is 32.3. The molecule has 1 saturated heterocycles. The van der Waals surface area contributed by atoms with Crippen molar-refractivity contribution in [2.24, 2.45) is 5.11 Å². The third-order valence-corrected chi connectivity index (χ3v) is 15.5. The molecule has 2 amide bonds. The van der Waals surface area contributed by atoms with Gasteiger partial charge >= 0.3 is 10.4 Å². The van der Waals surface area contributed by atoms with E-state index in [0.717, 1.165) is 17.7 Å². The molecule has 0 bridgehead atoms. The maximum absolute atomic E-state index is 13.7. The summed E-state index contributed by atoms with van der Waals surface area (Å²) >= 11 is 0. The summed E-state index contributed by atoms with van der Waals surface area (Å²) in [4.78, 5) is 39.0. The van der Waals surface area contributed by atoms with Crippen LogP contribution in [0.3, 0.4) is 0 Å². The molecule has 6 rings (SSSR count). The minimum Gasteiger partial charge on any atom is -0.493 e. The summed E-state index contributed by atoms with van der Waals surface area (Å²) in [6, 6.07) is 23.4. The van der Waals surface area contributed by atoms with E-state index in [1.165, 1.54) is 89.2 Å². The molecule has 0 saturated carbocycles. The van der Waals surface area contributed by atoms with Crippen molar-refractivity contribution in [3.63, 3.8) is 0 Å². The van der Waals surface area contributed by atoms with Crippen molar-refractivity contribution in [3.8, 4) is 40.2 Å². The number of aliphatic hydroxyl groups is 4. The molecule has 27 nitrogen and oxygen atoms in total. The first-order valence-corrected chi connectivity index (χ1v) is 30.2. The van der Waals surface area contributed by atoms with Gasteiger partial charge in [0.2, 0.25) is 12.0 Å². The highest BCUT2D eigenvalue weighted by Crippen LogP contribution is 2.40. The zero-order valence-electron chi connectivity index (χ0n) is 48.7. The zero-order valence-corrected chi connectivity index (χ0v) is 50.4. The number of ether oxygens (including phenoxy) is 9. The van der Waals surface area contributed by atoms with Crippen LogP contribution in [0, 0.1) is 12.5 Å². The van der Waals surface area contributed by atoms with Gasteiger partial charge < -0.3 is 87.4 Å². The summed E-state index contributed by atoms with van der Waals surface area (Å²) in [5.74, 6) is -2.11. The van der Waals surface area contributed by atoms with Gasteiger partial charge in [0.05, 0.1) is 97.6 Å². The standard InChI is InChI=1S/C59H71N5O22S2/c1-37-6-16-44(17-7-37)87(72,73)29-20-45(66)40-11-13-41(14-12-40)57(70)63-35-43(64-60)34-61-21-23-80-25-27-82-28-26-81-24-22-62-58(71)42-15-19-47(83-59-55(69)54(68)53(67)52(36-65)84-59)49(33-42)86-88(74,75)85-48-30-38(10-18-46(48)76-2)8-9-39-31-50(77-3)56(79-5)51(32-39)78-4/h6-19,30-34,52-55,59-61,65,67-69H,20-29,35-36H2,1-5H3,(H,62,71)(H,63,70)/b9-8-,43-34-,64-60?/t52-,53+,54+,55-,59?/m1/s1. The third-order valence-electron chi connectivity index (χ3n) is 13.0. The fourth-order valence-corrected chi connectivity index (χ4v) is 10.2. The van der Waals surface area contributed by atoms with E-state index in [4.69, 9.17) is 56.5 Å². The van der Waals surface area contributed by atoms with Crippen LogP contribution in [0.5, 0.6) is 40.2 Å². The van der Waals surface area contributed by atoms with Crippen molar-refractivity contribution in [2.75, 3.05) is 100 Å². The van der Waals surface area contributed by atoms with Crippen molar-refractivity contribution in [3.05, 3.63) is 142 Å². The smallest absolute Gasteiger partial charge is 0.493 e. The highest BCUT2D eigenvalue weighted by molar-refractivity contribution is 7.91. The van der Waals surface area contributed by atoms with E-state index in [-0.39, 0.29) is 109 Å². The summed E-state index contributed by atoms with van der Waals surface area (Å²) in [5, 5.41) is 52.8. The van der Waals surface area contributed by atoms with E-state index < -0.39 is 80.9 Å². The molecule has 1 heterocycles. The van der Waals surface area contributed by atoms with Crippen LogP contribution >= 0.6 is 0 Å². The first kappa shape index (κ1) is 68.9. The van der Waals surface area contributed by atoms with Crippen LogP contribution in [0.25, 0.3) is 12.2 Å². The number of carbonyl (C=O) groups excluding carboxylic acids is 3. The number of sulfone groups is 1. The molecule has 476 valence electrons. The van der Waals surface area contributed by atoms with Crippen LogP contribution in [-0.2, 0) is 39.2 Å². The molecule has 0 aromatic heterocycles. The lowest BCUT2D eigenvalue weighted by molar-refractivity contribution is -0.277.